The summed E-state index contributed by atoms with van der Waals surface area (Å²) in [7, 11) is -3.75. The second-order valence-corrected chi connectivity index (χ2v) is 9.51. The second kappa shape index (κ2) is 13.8. The molecule has 2 aromatic carbocycles. The fourth-order valence-corrected chi connectivity index (χ4v) is 4.43. The first-order valence-electron chi connectivity index (χ1n) is 10.2. The van der Waals surface area contributed by atoms with Gasteiger partial charge in [0.15, 0.2) is 6.61 Å². The molecule has 0 spiro atoms. The highest BCUT2D eigenvalue weighted by atomic mass is 32.2. The Morgan fingerprint density at radius 2 is 1.72 bits per heavy atom. The summed E-state index contributed by atoms with van der Waals surface area (Å²) in [6, 6.07) is 15.9. The van der Waals surface area contributed by atoms with Gasteiger partial charge in [-0.25, -0.2) is 13.1 Å². The van der Waals surface area contributed by atoms with E-state index in [9.17, 15) is 18.0 Å². The molecule has 0 aliphatic heterocycles. The number of sulfonamides is 1. The van der Waals surface area contributed by atoms with Crippen LogP contribution in [0.2, 0.25) is 0 Å². The number of thioether (sulfide) groups is 1. The van der Waals surface area contributed by atoms with Gasteiger partial charge in [0.25, 0.3) is 5.91 Å². The fourth-order valence-electron chi connectivity index (χ4n) is 2.53. The molecule has 0 heterocycles. The van der Waals surface area contributed by atoms with Crippen LogP contribution in [0.15, 0.2) is 64.4 Å². The van der Waals surface area contributed by atoms with Gasteiger partial charge in [0.2, 0.25) is 10.0 Å². The Morgan fingerprint density at radius 1 is 1.00 bits per heavy atom. The number of nitrogens with one attached hydrogen (secondary N) is 2. The molecule has 10 heteroatoms. The van der Waals surface area contributed by atoms with Gasteiger partial charge < -0.3 is 14.8 Å². The number of rotatable bonds is 14. The van der Waals surface area contributed by atoms with Crippen LogP contribution in [0, 0.1) is 0 Å². The predicted molar refractivity (Wildman–Crippen MR) is 123 cm³/mol. The monoisotopic (exact) mass is 480 g/mol. The number of ether oxygens (including phenoxy) is 2. The van der Waals surface area contributed by atoms with E-state index in [1.54, 1.807) is 23.9 Å². The van der Waals surface area contributed by atoms with E-state index in [0.717, 1.165) is 12.2 Å². The van der Waals surface area contributed by atoms with Crippen molar-refractivity contribution in [2.45, 2.75) is 29.6 Å². The van der Waals surface area contributed by atoms with Gasteiger partial charge >= 0.3 is 5.97 Å². The third-order valence-corrected chi connectivity index (χ3v) is 6.66. The van der Waals surface area contributed by atoms with Crippen molar-refractivity contribution in [1.29, 1.82) is 0 Å². The van der Waals surface area contributed by atoms with Crippen molar-refractivity contribution in [3.63, 3.8) is 0 Å². The lowest BCUT2D eigenvalue weighted by Gasteiger charge is -2.09. The molecule has 2 aromatic rings. The molecule has 0 radical (unpaired) electrons. The molecule has 0 saturated carbocycles. The van der Waals surface area contributed by atoms with Crippen LogP contribution in [0.1, 0.15) is 19.8 Å². The Morgan fingerprint density at radius 3 is 2.41 bits per heavy atom. The maximum Gasteiger partial charge on any atom is 0.307 e. The molecule has 0 aromatic heterocycles. The lowest BCUT2D eigenvalue weighted by Crippen LogP contribution is -2.31. The number of amides is 1. The second-order valence-electron chi connectivity index (χ2n) is 6.58. The van der Waals surface area contributed by atoms with Gasteiger partial charge in [0.05, 0.1) is 17.9 Å². The van der Waals surface area contributed by atoms with Crippen molar-refractivity contribution in [2.75, 3.05) is 32.1 Å². The van der Waals surface area contributed by atoms with Crippen LogP contribution >= 0.6 is 11.8 Å². The zero-order valence-corrected chi connectivity index (χ0v) is 19.5. The molecular weight excluding hydrogens is 452 g/mol. The molecule has 0 fully saturated rings. The first-order valence-corrected chi connectivity index (χ1v) is 12.7. The Balaban J connectivity index is 1.57. The molecule has 32 heavy (non-hydrogen) atoms. The van der Waals surface area contributed by atoms with E-state index < -0.39 is 28.5 Å². The van der Waals surface area contributed by atoms with E-state index in [1.807, 2.05) is 37.3 Å². The van der Waals surface area contributed by atoms with Crippen molar-refractivity contribution >= 4 is 33.7 Å². The summed E-state index contributed by atoms with van der Waals surface area (Å²) in [6.07, 6.45) is 0.601. The number of esters is 1. The van der Waals surface area contributed by atoms with Crippen LogP contribution in [-0.4, -0.2) is 52.4 Å². The number of carbonyl (C=O) groups excluding carboxylic acids is 2. The lowest BCUT2D eigenvalue weighted by molar-refractivity contribution is -0.148. The highest BCUT2D eigenvalue weighted by Crippen LogP contribution is 2.17. The average molecular weight is 481 g/mol. The minimum absolute atomic E-state index is 0.0686. The van der Waals surface area contributed by atoms with E-state index in [1.165, 1.54) is 17.0 Å². The SMILES string of the molecule is CCOc1ccc(S(=O)(=O)NCCC(=O)OCC(=O)NCCCSc2ccccc2)cc1. The Labute approximate surface area is 193 Å². The van der Waals surface area contributed by atoms with Crippen molar-refractivity contribution in [3.05, 3.63) is 54.6 Å². The Hall–Kier alpha value is -2.56. The van der Waals surface area contributed by atoms with Crippen LogP contribution in [0.4, 0.5) is 0 Å². The van der Waals surface area contributed by atoms with Gasteiger partial charge in [-0.15, -0.1) is 11.8 Å². The van der Waals surface area contributed by atoms with Gasteiger partial charge in [-0.3, -0.25) is 9.59 Å². The van der Waals surface area contributed by atoms with Crippen LogP contribution in [-0.2, 0) is 24.3 Å². The topological polar surface area (TPSA) is 111 Å². The van der Waals surface area contributed by atoms with Gasteiger partial charge in [-0.1, -0.05) is 18.2 Å². The highest BCUT2D eigenvalue weighted by Gasteiger charge is 2.15. The molecule has 0 bridgehead atoms. The van der Waals surface area contributed by atoms with Crippen LogP contribution in [0.25, 0.3) is 0 Å². The maximum absolute atomic E-state index is 12.2. The smallest absolute Gasteiger partial charge is 0.307 e. The van der Waals surface area contributed by atoms with Gasteiger partial charge in [0.1, 0.15) is 5.75 Å². The largest absolute Gasteiger partial charge is 0.494 e. The average Bonchev–Trinajstić information content (AvgIpc) is 2.78. The minimum Gasteiger partial charge on any atom is -0.494 e. The maximum atomic E-state index is 12.2. The van der Waals surface area contributed by atoms with E-state index in [2.05, 4.69) is 10.0 Å². The third-order valence-electron chi connectivity index (χ3n) is 4.09. The Kier molecular flexibility index (Phi) is 11.1. The highest BCUT2D eigenvalue weighted by molar-refractivity contribution is 7.99. The molecule has 0 saturated heterocycles. The van der Waals surface area contributed by atoms with Gasteiger partial charge in [0, 0.05) is 18.0 Å². The summed E-state index contributed by atoms with van der Waals surface area (Å²) in [5, 5.41) is 2.69. The van der Waals surface area contributed by atoms with E-state index in [-0.39, 0.29) is 17.9 Å². The van der Waals surface area contributed by atoms with Crippen LogP contribution in [0.5, 0.6) is 5.75 Å². The van der Waals surface area contributed by atoms with Crippen molar-refractivity contribution in [3.8, 4) is 5.75 Å². The van der Waals surface area contributed by atoms with E-state index in [4.69, 9.17) is 9.47 Å². The number of hydrogen-bond acceptors (Lipinski definition) is 7. The zero-order chi connectivity index (χ0) is 23.2. The van der Waals surface area contributed by atoms with Crippen LogP contribution < -0.4 is 14.8 Å². The first kappa shape index (κ1) is 25.7. The molecule has 0 aliphatic rings. The van der Waals surface area contributed by atoms with E-state index >= 15 is 0 Å². The normalized spacial score (nSPS) is 11.0. The summed E-state index contributed by atoms with van der Waals surface area (Å²) in [6.45, 7) is 2.28. The molecule has 1 amide bonds. The lowest BCUT2D eigenvalue weighted by atomic mass is 10.3. The van der Waals surface area contributed by atoms with Gasteiger partial charge in [-0.05, 0) is 55.5 Å². The first-order chi connectivity index (χ1) is 15.4. The molecule has 2 rings (SSSR count). The predicted octanol–water partition coefficient (Wildman–Crippen LogP) is 2.60. The quantitative estimate of drug-likeness (QED) is 0.243. The summed E-state index contributed by atoms with van der Waals surface area (Å²) in [4.78, 5) is 24.8. The number of benzene rings is 2. The fraction of sp³-hybridized carbons (Fsp3) is 0.364. The molecule has 0 unspecified atom stereocenters. The van der Waals surface area contributed by atoms with Crippen molar-refractivity contribution < 1.29 is 27.5 Å². The number of hydrogen-bond donors (Lipinski definition) is 2. The molecule has 8 nitrogen and oxygen atoms in total. The Bertz CT molecular complexity index is 950. The van der Waals surface area contributed by atoms with Crippen LogP contribution in [0.3, 0.4) is 0 Å². The number of carbonyl (C=O) groups is 2. The molecular formula is C22H28N2O6S2. The summed E-state index contributed by atoms with van der Waals surface area (Å²) < 4.78 is 37.0. The van der Waals surface area contributed by atoms with Crippen molar-refractivity contribution in [2.24, 2.45) is 0 Å². The standard InChI is InChI=1S/C22H28N2O6S2/c1-2-29-18-9-11-20(12-10-18)32(27,28)24-15-13-22(26)30-17-21(25)23-14-6-16-31-19-7-4-3-5-8-19/h3-5,7-12,24H,2,6,13-17H2,1H3,(H,23,25). The minimum atomic E-state index is -3.75. The molecule has 2 N–H and O–H groups in total. The third kappa shape index (κ3) is 9.71. The summed E-state index contributed by atoms with van der Waals surface area (Å²) in [5.41, 5.74) is 0. The summed E-state index contributed by atoms with van der Waals surface area (Å²) >= 11 is 1.70. The summed E-state index contributed by atoms with van der Waals surface area (Å²) in [5.74, 6) is 0.383. The van der Waals surface area contributed by atoms with E-state index in [0.29, 0.717) is 18.9 Å². The zero-order valence-electron chi connectivity index (χ0n) is 17.9. The molecule has 174 valence electrons. The van der Waals surface area contributed by atoms with Gasteiger partial charge in [-0.2, -0.15) is 0 Å². The van der Waals surface area contributed by atoms with Crippen molar-refractivity contribution in [1.82, 2.24) is 10.0 Å². The molecule has 0 atom stereocenters. The molecule has 0 aliphatic carbocycles.